The second kappa shape index (κ2) is 9.87. The highest BCUT2D eigenvalue weighted by Crippen LogP contribution is 2.20. The molecule has 5 nitrogen and oxygen atoms in total. The van der Waals surface area contributed by atoms with Gasteiger partial charge in [0.05, 0.1) is 6.04 Å². The molecule has 1 aromatic rings. The lowest BCUT2D eigenvalue weighted by molar-refractivity contribution is -0.122. The normalized spacial score (nSPS) is 16.9. The molecule has 134 valence electrons. The van der Waals surface area contributed by atoms with Crippen LogP contribution < -0.4 is 16.0 Å². The smallest absolute Gasteiger partial charge is 0.236 e. The lowest BCUT2D eigenvalue weighted by atomic mass is 10.1. The van der Waals surface area contributed by atoms with Gasteiger partial charge in [0.2, 0.25) is 5.91 Å². The van der Waals surface area contributed by atoms with Crippen molar-refractivity contribution in [2.75, 3.05) is 44.2 Å². The van der Waals surface area contributed by atoms with Crippen molar-refractivity contribution in [3.63, 3.8) is 0 Å². The summed E-state index contributed by atoms with van der Waals surface area (Å²) in [5.41, 5.74) is 6.99. The Morgan fingerprint density at radius 1 is 1.33 bits per heavy atom. The molecule has 1 aromatic carbocycles. The van der Waals surface area contributed by atoms with Crippen LogP contribution in [0.5, 0.6) is 0 Å². The van der Waals surface area contributed by atoms with Gasteiger partial charge in [-0.2, -0.15) is 0 Å². The highest BCUT2D eigenvalue weighted by molar-refractivity contribution is 6.30. The van der Waals surface area contributed by atoms with Gasteiger partial charge >= 0.3 is 0 Å². The Hall–Kier alpha value is -1.30. The summed E-state index contributed by atoms with van der Waals surface area (Å²) >= 11 is 6.06. The van der Waals surface area contributed by atoms with Crippen molar-refractivity contribution >= 4 is 23.2 Å². The third-order valence-electron chi connectivity index (χ3n) is 4.43. The van der Waals surface area contributed by atoms with Crippen LogP contribution in [-0.2, 0) is 4.79 Å². The number of carbonyl (C=O) groups excluding carboxylic acids is 1. The fourth-order valence-electron chi connectivity index (χ4n) is 2.99. The molecule has 1 heterocycles. The average molecular weight is 353 g/mol. The predicted molar refractivity (Wildman–Crippen MR) is 101 cm³/mol. The Morgan fingerprint density at radius 3 is 2.75 bits per heavy atom. The number of piperazine rings is 1. The number of anilines is 1. The number of amides is 1. The zero-order valence-corrected chi connectivity index (χ0v) is 15.3. The highest BCUT2D eigenvalue weighted by atomic mass is 35.5. The summed E-state index contributed by atoms with van der Waals surface area (Å²) in [4.78, 5) is 16.6. The monoisotopic (exact) mass is 352 g/mol. The summed E-state index contributed by atoms with van der Waals surface area (Å²) in [6.07, 6.45) is 2.64. The second-order valence-electron chi connectivity index (χ2n) is 6.35. The number of nitrogens with one attached hydrogen (secondary N) is 1. The summed E-state index contributed by atoms with van der Waals surface area (Å²) in [6, 6.07) is 7.66. The van der Waals surface area contributed by atoms with Crippen LogP contribution in [0, 0.1) is 0 Å². The number of carbonyl (C=O) groups is 1. The van der Waals surface area contributed by atoms with E-state index in [1.807, 2.05) is 25.1 Å². The van der Waals surface area contributed by atoms with Crippen molar-refractivity contribution in [3.8, 4) is 0 Å². The minimum Gasteiger partial charge on any atom is -0.369 e. The quantitative estimate of drug-likeness (QED) is 0.703. The van der Waals surface area contributed by atoms with Crippen LogP contribution in [0.4, 0.5) is 5.69 Å². The van der Waals surface area contributed by atoms with Crippen molar-refractivity contribution in [2.24, 2.45) is 5.73 Å². The zero-order valence-electron chi connectivity index (χ0n) is 14.5. The molecule has 1 aliphatic heterocycles. The van der Waals surface area contributed by atoms with Crippen LogP contribution in [0.2, 0.25) is 5.02 Å². The zero-order chi connectivity index (χ0) is 17.4. The van der Waals surface area contributed by atoms with Crippen molar-refractivity contribution in [1.29, 1.82) is 0 Å². The van der Waals surface area contributed by atoms with Gasteiger partial charge in [-0.05, 0) is 37.6 Å². The maximum atomic E-state index is 11.7. The van der Waals surface area contributed by atoms with Crippen molar-refractivity contribution in [1.82, 2.24) is 10.2 Å². The van der Waals surface area contributed by atoms with Gasteiger partial charge in [0, 0.05) is 43.4 Å². The number of rotatable bonds is 8. The van der Waals surface area contributed by atoms with Crippen molar-refractivity contribution in [3.05, 3.63) is 29.3 Å². The molecule has 2 rings (SSSR count). The molecule has 3 N–H and O–H groups in total. The van der Waals surface area contributed by atoms with Gasteiger partial charge in [-0.25, -0.2) is 0 Å². The summed E-state index contributed by atoms with van der Waals surface area (Å²) in [7, 11) is 0. The van der Waals surface area contributed by atoms with Gasteiger partial charge in [-0.3, -0.25) is 9.69 Å². The van der Waals surface area contributed by atoms with Crippen LogP contribution in [0.1, 0.15) is 26.2 Å². The first-order valence-electron chi connectivity index (χ1n) is 8.86. The number of hydrogen-bond donors (Lipinski definition) is 2. The van der Waals surface area contributed by atoms with Gasteiger partial charge in [-0.1, -0.05) is 31.0 Å². The number of halogens is 1. The summed E-state index contributed by atoms with van der Waals surface area (Å²) in [6.45, 7) is 7.83. The molecule has 1 fully saturated rings. The van der Waals surface area contributed by atoms with E-state index in [0.717, 1.165) is 57.0 Å². The maximum Gasteiger partial charge on any atom is 0.236 e. The lowest BCUT2D eigenvalue weighted by Gasteiger charge is -2.36. The lowest BCUT2D eigenvalue weighted by Crippen LogP contribution is -2.47. The van der Waals surface area contributed by atoms with E-state index in [0.29, 0.717) is 6.54 Å². The largest absolute Gasteiger partial charge is 0.369 e. The summed E-state index contributed by atoms with van der Waals surface area (Å²) in [5, 5.41) is 3.72. The van der Waals surface area contributed by atoms with E-state index in [2.05, 4.69) is 21.2 Å². The molecule has 0 aromatic heterocycles. The molecule has 6 heteroatoms. The third-order valence-corrected chi connectivity index (χ3v) is 4.67. The highest BCUT2D eigenvalue weighted by Gasteiger charge is 2.17. The first-order valence-corrected chi connectivity index (χ1v) is 9.24. The van der Waals surface area contributed by atoms with Crippen LogP contribution in [0.3, 0.4) is 0 Å². The molecule has 0 radical (unpaired) electrons. The predicted octanol–water partition coefficient (Wildman–Crippen LogP) is 2.10. The van der Waals surface area contributed by atoms with E-state index < -0.39 is 0 Å². The molecule has 0 bridgehead atoms. The molecular formula is C18H29ClN4O. The number of nitrogens with zero attached hydrogens (tertiary/aromatic N) is 2. The second-order valence-corrected chi connectivity index (χ2v) is 6.78. The molecule has 1 aliphatic rings. The van der Waals surface area contributed by atoms with Gasteiger partial charge < -0.3 is 16.0 Å². The molecule has 1 atom stereocenters. The molecule has 1 unspecified atom stereocenters. The first kappa shape index (κ1) is 19.0. The fraction of sp³-hybridized carbons (Fsp3) is 0.611. The summed E-state index contributed by atoms with van der Waals surface area (Å²) < 4.78 is 0. The first-order chi connectivity index (χ1) is 11.6. The number of benzene rings is 1. The van der Waals surface area contributed by atoms with E-state index in [-0.39, 0.29) is 11.9 Å². The third kappa shape index (κ3) is 5.96. The molecule has 1 amide bonds. The van der Waals surface area contributed by atoms with E-state index in [1.165, 1.54) is 5.69 Å². The van der Waals surface area contributed by atoms with Crippen LogP contribution in [0.25, 0.3) is 0 Å². The Labute approximate surface area is 150 Å². The standard InChI is InChI=1S/C18H29ClN4O/c1-2-5-17(20)18(24)21-8-4-9-22-10-12-23(13-11-22)16-7-3-6-15(19)14-16/h3,6-7,14,17H,2,4-5,8-13,20H2,1H3,(H,21,24). The molecule has 24 heavy (non-hydrogen) atoms. The Bertz CT molecular complexity index is 517. The Kier molecular flexibility index (Phi) is 7.82. The average Bonchev–Trinajstić information content (AvgIpc) is 2.59. The SMILES string of the molecule is CCCC(N)C(=O)NCCCN1CCN(c2cccc(Cl)c2)CC1. The summed E-state index contributed by atoms with van der Waals surface area (Å²) in [5.74, 6) is -0.0253. The number of hydrogen-bond acceptors (Lipinski definition) is 4. The van der Waals surface area contributed by atoms with Crippen LogP contribution in [0.15, 0.2) is 24.3 Å². The van der Waals surface area contributed by atoms with E-state index in [4.69, 9.17) is 17.3 Å². The Balaban J connectivity index is 1.62. The minimum absolute atomic E-state index is 0.0253. The fourth-order valence-corrected chi connectivity index (χ4v) is 3.17. The van der Waals surface area contributed by atoms with Crippen LogP contribution >= 0.6 is 11.6 Å². The number of nitrogens with two attached hydrogens (primary N) is 1. The molecule has 1 saturated heterocycles. The van der Waals surface area contributed by atoms with Gasteiger partial charge in [0.15, 0.2) is 0 Å². The molecule has 0 aliphatic carbocycles. The molecular weight excluding hydrogens is 324 g/mol. The van der Waals surface area contributed by atoms with E-state index in [1.54, 1.807) is 0 Å². The van der Waals surface area contributed by atoms with Crippen molar-refractivity contribution in [2.45, 2.75) is 32.2 Å². The van der Waals surface area contributed by atoms with Crippen molar-refractivity contribution < 1.29 is 4.79 Å². The van der Waals surface area contributed by atoms with Gasteiger partial charge in [0.25, 0.3) is 0 Å². The topological polar surface area (TPSA) is 61.6 Å². The molecule has 0 spiro atoms. The molecule has 0 saturated carbocycles. The van der Waals surface area contributed by atoms with Gasteiger partial charge in [0.1, 0.15) is 0 Å². The van der Waals surface area contributed by atoms with E-state index >= 15 is 0 Å². The Morgan fingerprint density at radius 2 is 2.08 bits per heavy atom. The van der Waals surface area contributed by atoms with Crippen LogP contribution in [-0.4, -0.2) is 56.1 Å². The van der Waals surface area contributed by atoms with E-state index in [9.17, 15) is 4.79 Å². The maximum absolute atomic E-state index is 11.7. The van der Waals surface area contributed by atoms with Gasteiger partial charge in [-0.15, -0.1) is 0 Å². The minimum atomic E-state index is -0.365.